The zero-order valence-corrected chi connectivity index (χ0v) is 14.7. The summed E-state index contributed by atoms with van der Waals surface area (Å²) < 4.78 is 5.15. The topological polar surface area (TPSA) is 78.8 Å². The first-order chi connectivity index (χ1) is 11.3. The van der Waals surface area contributed by atoms with E-state index in [4.69, 9.17) is 27.9 Å². The van der Waals surface area contributed by atoms with Crippen LogP contribution >= 0.6 is 23.2 Å². The Morgan fingerprint density at radius 3 is 2.46 bits per heavy atom. The number of hydrogen-bond acceptors (Lipinski definition) is 4. The fraction of sp³-hybridized carbons (Fsp3) is 0.235. The maximum Gasteiger partial charge on any atom is 0.256 e. The van der Waals surface area contributed by atoms with Gasteiger partial charge in [0.1, 0.15) is 5.56 Å². The average molecular weight is 370 g/mol. The molecule has 0 saturated heterocycles. The van der Waals surface area contributed by atoms with E-state index in [0.717, 1.165) is 11.1 Å². The summed E-state index contributed by atoms with van der Waals surface area (Å²) in [5.41, 5.74) is 1.81. The Bertz CT molecular complexity index is 778. The summed E-state index contributed by atoms with van der Waals surface area (Å²) in [6.45, 7) is 2.13. The highest BCUT2D eigenvalue weighted by atomic mass is 35.5. The molecule has 7 heteroatoms. The number of phenolic OH excluding ortho intramolecular Hbond substituents is 2. The predicted molar refractivity (Wildman–Crippen MR) is 93.6 cm³/mol. The summed E-state index contributed by atoms with van der Waals surface area (Å²) in [4.78, 5) is 12.4. The summed E-state index contributed by atoms with van der Waals surface area (Å²) in [6.07, 6.45) is 0.478. The van der Waals surface area contributed by atoms with Crippen molar-refractivity contribution in [2.24, 2.45) is 0 Å². The molecular formula is C17H17Cl2NO4. The lowest BCUT2D eigenvalue weighted by Gasteiger charge is -2.13. The number of carbonyl (C=O) groups excluding carboxylic acids is 1. The molecule has 0 saturated carbocycles. The van der Waals surface area contributed by atoms with Crippen molar-refractivity contribution in [2.45, 2.75) is 13.3 Å². The van der Waals surface area contributed by atoms with Crippen LogP contribution in [0.15, 0.2) is 24.3 Å². The van der Waals surface area contributed by atoms with Crippen molar-refractivity contribution in [3.05, 3.63) is 51.0 Å². The minimum atomic E-state index is -0.403. The highest BCUT2D eigenvalue weighted by Crippen LogP contribution is 2.33. The van der Waals surface area contributed by atoms with E-state index in [0.29, 0.717) is 18.0 Å². The smallest absolute Gasteiger partial charge is 0.256 e. The number of phenols is 2. The molecule has 24 heavy (non-hydrogen) atoms. The summed E-state index contributed by atoms with van der Waals surface area (Å²) >= 11 is 12.1. The molecule has 1 amide bonds. The molecule has 2 aromatic carbocycles. The molecule has 5 nitrogen and oxygen atoms in total. The molecule has 0 unspecified atom stereocenters. The molecule has 0 aromatic heterocycles. The molecular weight excluding hydrogens is 353 g/mol. The van der Waals surface area contributed by atoms with E-state index in [1.165, 1.54) is 25.3 Å². The second kappa shape index (κ2) is 7.64. The number of carbonyl (C=O) groups is 1. The van der Waals surface area contributed by atoms with Crippen LogP contribution in [0.4, 0.5) is 0 Å². The molecule has 0 spiro atoms. The Balaban J connectivity index is 2.10. The van der Waals surface area contributed by atoms with E-state index in [1.54, 1.807) is 6.07 Å². The second-order valence-electron chi connectivity index (χ2n) is 5.21. The molecule has 0 fully saturated rings. The van der Waals surface area contributed by atoms with Crippen molar-refractivity contribution in [2.75, 3.05) is 13.7 Å². The average Bonchev–Trinajstić information content (AvgIpc) is 2.53. The number of aromatic hydroxyl groups is 2. The van der Waals surface area contributed by atoms with E-state index in [2.05, 4.69) is 5.32 Å². The molecule has 0 aliphatic carbocycles. The Morgan fingerprint density at radius 1 is 1.17 bits per heavy atom. The van der Waals surface area contributed by atoms with Crippen LogP contribution in [0, 0.1) is 6.92 Å². The molecule has 0 aliphatic heterocycles. The minimum absolute atomic E-state index is 0.171. The van der Waals surface area contributed by atoms with Gasteiger partial charge in [0.15, 0.2) is 17.2 Å². The lowest BCUT2D eigenvalue weighted by molar-refractivity contribution is 0.0951. The van der Waals surface area contributed by atoms with Crippen molar-refractivity contribution in [3.63, 3.8) is 0 Å². The van der Waals surface area contributed by atoms with Gasteiger partial charge in [-0.2, -0.15) is 0 Å². The van der Waals surface area contributed by atoms with Gasteiger partial charge in [-0.15, -0.1) is 0 Å². The SMILES string of the molecule is COc1c(Cl)ccc(Cl)c1C(=O)NCCc1cc(O)c(O)cc1C. The third kappa shape index (κ3) is 3.86. The normalized spacial score (nSPS) is 10.5. The van der Waals surface area contributed by atoms with Crippen molar-refractivity contribution < 1.29 is 19.7 Å². The number of ether oxygens (including phenoxy) is 1. The minimum Gasteiger partial charge on any atom is -0.504 e. The molecule has 0 heterocycles. The summed E-state index contributed by atoms with van der Waals surface area (Å²) in [5, 5.41) is 22.3. The van der Waals surface area contributed by atoms with Crippen molar-refractivity contribution in [1.29, 1.82) is 0 Å². The van der Waals surface area contributed by atoms with Gasteiger partial charge in [0, 0.05) is 6.54 Å². The van der Waals surface area contributed by atoms with Crippen LogP contribution in [-0.4, -0.2) is 29.8 Å². The highest BCUT2D eigenvalue weighted by Gasteiger charge is 2.19. The van der Waals surface area contributed by atoms with Crippen molar-refractivity contribution >= 4 is 29.1 Å². The lowest BCUT2D eigenvalue weighted by atomic mass is 10.0. The summed E-state index contributed by atoms with van der Waals surface area (Å²) in [5.74, 6) is -0.544. The Hall–Kier alpha value is -2.11. The zero-order chi connectivity index (χ0) is 17.9. The maximum absolute atomic E-state index is 12.4. The van der Waals surface area contributed by atoms with Crippen LogP contribution in [0.5, 0.6) is 17.2 Å². The largest absolute Gasteiger partial charge is 0.504 e. The molecule has 128 valence electrons. The van der Waals surface area contributed by atoms with Gasteiger partial charge in [-0.1, -0.05) is 23.2 Å². The highest BCUT2D eigenvalue weighted by molar-refractivity contribution is 6.37. The predicted octanol–water partition coefficient (Wildman–Crippen LogP) is 3.69. The van der Waals surface area contributed by atoms with E-state index >= 15 is 0 Å². The van der Waals surface area contributed by atoms with E-state index in [1.807, 2.05) is 6.92 Å². The molecule has 0 radical (unpaired) electrons. The van der Waals surface area contributed by atoms with E-state index < -0.39 is 5.91 Å². The number of rotatable bonds is 5. The van der Waals surface area contributed by atoms with Gasteiger partial charge in [-0.3, -0.25) is 4.79 Å². The van der Waals surface area contributed by atoms with Gasteiger partial charge in [-0.05, 0) is 48.7 Å². The van der Waals surface area contributed by atoms with Gasteiger partial charge >= 0.3 is 0 Å². The van der Waals surface area contributed by atoms with Crippen LogP contribution < -0.4 is 10.1 Å². The number of halogens is 2. The number of nitrogens with one attached hydrogen (secondary N) is 1. The number of amides is 1. The fourth-order valence-corrected chi connectivity index (χ4v) is 2.81. The van der Waals surface area contributed by atoms with E-state index in [9.17, 15) is 15.0 Å². The number of benzene rings is 2. The van der Waals surface area contributed by atoms with Crippen LogP contribution in [0.2, 0.25) is 10.0 Å². The first-order valence-electron chi connectivity index (χ1n) is 7.16. The van der Waals surface area contributed by atoms with Gasteiger partial charge in [-0.25, -0.2) is 0 Å². The molecule has 0 bridgehead atoms. The Morgan fingerprint density at radius 2 is 1.79 bits per heavy atom. The monoisotopic (exact) mass is 369 g/mol. The number of hydrogen-bond donors (Lipinski definition) is 3. The molecule has 2 rings (SSSR count). The molecule has 0 aliphatic rings. The molecule has 0 atom stereocenters. The first-order valence-corrected chi connectivity index (χ1v) is 7.92. The third-order valence-electron chi connectivity index (χ3n) is 3.60. The van der Waals surface area contributed by atoms with Gasteiger partial charge in [0.2, 0.25) is 0 Å². The zero-order valence-electron chi connectivity index (χ0n) is 13.2. The van der Waals surface area contributed by atoms with Crippen molar-refractivity contribution in [1.82, 2.24) is 5.32 Å². The lowest BCUT2D eigenvalue weighted by Crippen LogP contribution is -2.26. The van der Waals surface area contributed by atoms with Gasteiger partial charge in [0.05, 0.1) is 17.2 Å². The number of aryl methyl sites for hydroxylation is 1. The fourth-order valence-electron chi connectivity index (χ4n) is 2.34. The third-order valence-corrected chi connectivity index (χ3v) is 4.22. The first kappa shape index (κ1) is 18.2. The summed E-state index contributed by atoms with van der Waals surface area (Å²) in [6, 6.07) is 6.04. The molecule has 2 aromatic rings. The van der Waals surface area contributed by atoms with Crippen LogP contribution in [0.25, 0.3) is 0 Å². The quantitative estimate of drug-likeness (QED) is 0.702. The van der Waals surface area contributed by atoms with Crippen molar-refractivity contribution in [3.8, 4) is 17.2 Å². The van der Waals surface area contributed by atoms with Crippen LogP contribution in [0.1, 0.15) is 21.5 Å². The van der Waals surface area contributed by atoms with Crippen LogP contribution in [-0.2, 0) is 6.42 Å². The summed E-state index contributed by atoms with van der Waals surface area (Å²) in [7, 11) is 1.41. The van der Waals surface area contributed by atoms with Gasteiger partial charge < -0.3 is 20.3 Å². The van der Waals surface area contributed by atoms with Gasteiger partial charge in [0.25, 0.3) is 5.91 Å². The maximum atomic E-state index is 12.4. The van der Waals surface area contributed by atoms with Crippen LogP contribution in [0.3, 0.4) is 0 Å². The molecule has 3 N–H and O–H groups in total. The number of methoxy groups -OCH3 is 1. The Labute approximate surface area is 149 Å². The second-order valence-corrected chi connectivity index (χ2v) is 6.03. The standard InChI is InChI=1S/C17H17Cl2NO4/c1-9-7-13(21)14(22)8-10(9)5-6-20-17(23)15-11(18)3-4-12(19)16(15)24-2/h3-4,7-8,21-22H,5-6H2,1-2H3,(H,20,23). The van der Waals surface area contributed by atoms with E-state index in [-0.39, 0.29) is 27.8 Å². The Kier molecular flexibility index (Phi) is 5.80.